The van der Waals surface area contributed by atoms with Gasteiger partial charge in [-0.15, -0.1) is 10.2 Å². The number of anilines is 1. The number of fused-ring (bicyclic) bond motifs is 1. The van der Waals surface area contributed by atoms with E-state index < -0.39 is 17.7 Å². The molecule has 11 heteroatoms. The number of ether oxygens (including phenoxy) is 2. The zero-order valence-corrected chi connectivity index (χ0v) is 26.5. The van der Waals surface area contributed by atoms with E-state index in [1.165, 1.54) is 22.7 Å². The first-order chi connectivity index (χ1) is 21.8. The fraction of sp³-hybridized carbons (Fsp3) is 0.294. The van der Waals surface area contributed by atoms with Gasteiger partial charge in [0.05, 0.1) is 18.2 Å². The third-order valence-electron chi connectivity index (χ3n) is 7.72. The lowest BCUT2D eigenvalue weighted by atomic mass is 9.94. The van der Waals surface area contributed by atoms with Crippen molar-refractivity contribution >= 4 is 45.7 Å². The molecule has 2 unspecified atom stereocenters. The minimum Gasteiger partial charge on any atom is -0.507 e. The van der Waals surface area contributed by atoms with E-state index in [0.29, 0.717) is 45.6 Å². The van der Waals surface area contributed by atoms with Crippen LogP contribution >= 0.6 is 23.1 Å². The first-order valence-corrected chi connectivity index (χ1v) is 16.7. The minimum absolute atomic E-state index is 0.00546. The van der Waals surface area contributed by atoms with Gasteiger partial charge in [-0.05, 0) is 66.4 Å². The Hall–Kier alpha value is -4.22. The van der Waals surface area contributed by atoms with Gasteiger partial charge < -0.3 is 14.6 Å². The van der Waals surface area contributed by atoms with Gasteiger partial charge in [0, 0.05) is 17.7 Å². The van der Waals surface area contributed by atoms with E-state index in [9.17, 15) is 19.1 Å². The first kappa shape index (κ1) is 30.8. The number of ketones is 1. The Labute approximate surface area is 268 Å². The summed E-state index contributed by atoms with van der Waals surface area (Å²) in [6.07, 6.45) is 3.68. The monoisotopic (exact) mass is 645 g/mol. The highest BCUT2D eigenvalue weighted by atomic mass is 32.2. The number of hydrogen-bond acceptors (Lipinski definition) is 9. The number of aliphatic hydroxyl groups excluding tert-OH is 1. The molecule has 6 rings (SSSR count). The standard InChI is InChI=1S/C34H32FN3O5S2/c1-3-4-7-15-42-25-11-8-10-21(18-25)29-28(30(39)22-13-14-27-24(17-22)16-20(2)43-27)31(40)32(41)38(29)33-36-37-34(45-33)44-19-23-9-5-6-12-26(23)35/h5-6,8-14,17-18,20,29,39H,3-4,7,15-16,19H2,1-2H3/b30-28+. The normalized spacial score (nSPS) is 18.7. The third-order valence-corrected chi connectivity index (χ3v) is 9.82. The number of aromatic nitrogens is 2. The summed E-state index contributed by atoms with van der Waals surface area (Å²) in [4.78, 5) is 28.7. The molecule has 0 spiro atoms. The Bertz CT molecular complexity index is 1770. The lowest BCUT2D eigenvalue weighted by Gasteiger charge is -2.23. The molecular weight excluding hydrogens is 614 g/mol. The van der Waals surface area contributed by atoms with Gasteiger partial charge in [0.2, 0.25) is 5.13 Å². The summed E-state index contributed by atoms with van der Waals surface area (Å²) in [5, 5.41) is 20.3. The predicted molar refractivity (Wildman–Crippen MR) is 172 cm³/mol. The molecule has 1 saturated heterocycles. The van der Waals surface area contributed by atoms with Crippen molar-refractivity contribution in [1.29, 1.82) is 0 Å². The predicted octanol–water partition coefficient (Wildman–Crippen LogP) is 7.49. The highest BCUT2D eigenvalue weighted by Gasteiger charge is 2.48. The van der Waals surface area contributed by atoms with Gasteiger partial charge >= 0.3 is 5.91 Å². The van der Waals surface area contributed by atoms with E-state index in [1.54, 1.807) is 54.6 Å². The van der Waals surface area contributed by atoms with Crippen molar-refractivity contribution < 1.29 is 28.6 Å². The number of nitrogens with zero attached hydrogens (tertiary/aromatic N) is 3. The molecule has 0 bridgehead atoms. The Morgan fingerprint density at radius 2 is 1.96 bits per heavy atom. The van der Waals surface area contributed by atoms with Crippen LogP contribution in [0, 0.1) is 5.82 Å². The molecule has 1 amide bonds. The highest BCUT2D eigenvalue weighted by molar-refractivity contribution is 8.00. The molecule has 45 heavy (non-hydrogen) atoms. The lowest BCUT2D eigenvalue weighted by Crippen LogP contribution is -2.29. The SMILES string of the molecule is CCCCCOc1cccc(C2/C(=C(\O)c3ccc4c(c3)CC(C)O4)C(=O)C(=O)N2c2nnc(SCc3ccccc3F)s2)c1. The quantitative estimate of drug-likeness (QED) is 0.0447. The zero-order valence-electron chi connectivity index (χ0n) is 24.9. The Morgan fingerprint density at radius 1 is 1.11 bits per heavy atom. The smallest absolute Gasteiger partial charge is 0.301 e. The van der Waals surface area contributed by atoms with Gasteiger partial charge in [0.15, 0.2) is 4.34 Å². The van der Waals surface area contributed by atoms with Crippen molar-refractivity contribution in [1.82, 2.24) is 10.2 Å². The Balaban J connectivity index is 1.38. The molecule has 0 aliphatic carbocycles. The molecule has 8 nitrogen and oxygen atoms in total. The molecule has 3 aromatic carbocycles. The molecule has 232 valence electrons. The largest absolute Gasteiger partial charge is 0.507 e. The maximum atomic E-state index is 14.2. The van der Waals surface area contributed by atoms with E-state index in [0.717, 1.165) is 41.9 Å². The summed E-state index contributed by atoms with van der Waals surface area (Å²) < 4.78 is 26.5. The second-order valence-electron chi connectivity index (χ2n) is 11.0. The molecule has 4 aromatic rings. The van der Waals surface area contributed by atoms with Crippen LogP contribution in [0.4, 0.5) is 9.52 Å². The topological polar surface area (TPSA) is 102 Å². The van der Waals surface area contributed by atoms with Crippen molar-refractivity contribution in [2.24, 2.45) is 0 Å². The first-order valence-electron chi connectivity index (χ1n) is 14.9. The summed E-state index contributed by atoms with van der Waals surface area (Å²) in [6, 6.07) is 18.0. The molecule has 0 radical (unpaired) electrons. The number of benzene rings is 3. The number of aliphatic hydroxyl groups is 1. The number of rotatable bonds is 11. The van der Waals surface area contributed by atoms with Crippen LogP contribution in [0.1, 0.15) is 61.4 Å². The van der Waals surface area contributed by atoms with Crippen LogP contribution in [0.2, 0.25) is 0 Å². The zero-order chi connectivity index (χ0) is 31.5. The van der Waals surface area contributed by atoms with Gasteiger partial charge in [-0.3, -0.25) is 14.5 Å². The molecule has 1 aromatic heterocycles. The second kappa shape index (κ2) is 13.4. The minimum atomic E-state index is -0.981. The highest BCUT2D eigenvalue weighted by Crippen LogP contribution is 2.45. The van der Waals surface area contributed by atoms with Crippen LogP contribution in [-0.4, -0.2) is 39.7 Å². The van der Waals surface area contributed by atoms with E-state index in [2.05, 4.69) is 17.1 Å². The van der Waals surface area contributed by atoms with Crippen LogP contribution < -0.4 is 14.4 Å². The average molecular weight is 646 g/mol. The van der Waals surface area contributed by atoms with E-state index in [1.807, 2.05) is 13.0 Å². The van der Waals surface area contributed by atoms with E-state index in [-0.39, 0.29) is 28.4 Å². The number of amides is 1. The molecule has 0 saturated carbocycles. The van der Waals surface area contributed by atoms with Gasteiger partial charge in [0.25, 0.3) is 5.78 Å². The van der Waals surface area contributed by atoms with Gasteiger partial charge in [-0.25, -0.2) is 4.39 Å². The van der Waals surface area contributed by atoms with Gasteiger partial charge in [-0.2, -0.15) is 0 Å². The van der Waals surface area contributed by atoms with Crippen molar-refractivity contribution in [3.63, 3.8) is 0 Å². The van der Waals surface area contributed by atoms with Crippen LogP contribution in [0.25, 0.3) is 5.76 Å². The van der Waals surface area contributed by atoms with Crippen molar-refractivity contribution in [3.8, 4) is 11.5 Å². The number of halogens is 1. The summed E-state index contributed by atoms with van der Waals surface area (Å²) in [7, 11) is 0. The maximum Gasteiger partial charge on any atom is 0.301 e. The lowest BCUT2D eigenvalue weighted by molar-refractivity contribution is -0.132. The molecular formula is C34H32FN3O5S2. The number of hydrogen-bond donors (Lipinski definition) is 1. The molecule has 1 N–H and O–H groups in total. The second-order valence-corrected chi connectivity index (χ2v) is 13.2. The molecule has 2 aliphatic heterocycles. The number of unbranched alkanes of at least 4 members (excludes halogenated alkanes) is 2. The fourth-order valence-electron chi connectivity index (χ4n) is 5.50. The van der Waals surface area contributed by atoms with Crippen LogP contribution in [0.3, 0.4) is 0 Å². The van der Waals surface area contributed by atoms with Gasteiger partial charge in [-0.1, -0.05) is 73.2 Å². The van der Waals surface area contributed by atoms with Crippen molar-refractivity contribution in [3.05, 3.63) is 100 Å². The molecule has 2 aliphatic rings. The third kappa shape index (κ3) is 6.46. The van der Waals surface area contributed by atoms with E-state index >= 15 is 0 Å². The molecule has 1 fully saturated rings. The summed E-state index contributed by atoms with van der Waals surface area (Å²) in [5.74, 6) is -0.597. The molecule has 2 atom stereocenters. The number of carbonyl (C=O) groups is 2. The fourth-order valence-corrected chi connectivity index (χ4v) is 7.35. The molecule has 3 heterocycles. The maximum absolute atomic E-state index is 14.2. The summed E-state index contributed by atoms with van der Waals surface area (Å²) >= 11 is 2.41. The number of thioether (sulfide) groups is 1. The number of carbonyl (C=O) groups excluding carboxylic acids is 2. The Morgan fingerprint density at radius 3 is 2.78 bits per heavy atom. The van der Waals surface area contributed by atoms with Gasteiger partial charge in [0.1, 0.15) is 29.2 Å². The van der Waals surface area contributed by atoms with Crippen LogP contribution in [-0.2, 0) is 21.8 Å². The van der Waals surface area contributed by atoms with E-state index in [4.69, 9.17) is 9.47 Å². The van der Waals surface area contributed by atoms with Crippen LogP contribution in [0.5, 0.6) is 11.5 Å². The summed E-state index contributed by atoms with van der Waals surface area (Å²) in [5.41, 5.74) is 2.38. The number of Topliss-reactive ketones (excluding diaryl/α,β-unsaturated/α-hetero) is 1. The van der Waals surface area contributed by atoms with Crippen LogP contribution in [0.15, 0.2) is 76.6 Å². The Kier molecular flexibility index (Phi) is 9.18. The summed E-state index contributed by atoms with van der Waals surface area (Å²) in [6.45, 7) is 4.62. The van der Waals surface area contributed by atoms with Crippen molar-refractivity contribution in [2.45, 2.75) is 61.8 Å². The average Bonchev–Trinajstić information content (AvgIpc) is 3.73. The van der Waals surface area contributed by atoms with Crippen molar-refractivity contribution in [2.75, 3.05) is 11.5 Å².